The fraction of sp³-hybridized carbons (Fsp3) is 0.0714. The molecule has 4 nitrogen and oxygen atoms in total. The largest absolute Gasteiger partial charge is 0.508 e. The quantitative estimate of drug-likeness (QED) is 0.452. The van der Waals surface area contributed by atoms with Gasteiger partial charge in [0.05, 0.1) is 5.71 Å². The summed E-state index contributed by atoms with van der Waals surface area (Å²) in [7, 11) is 0. The van der Waals surface area contributed by atoms with Crippen LogP contribution in [0.25, 0.3) is 0 Å². The topological polar surface area (TPSA) is 73.1 Å². The normalized spacial score (nSPS) is 11.5. The summed E-state index contributed by atoms with van der Waals surface area (Å²) in [5.74, 6) is -0.617. The molecule has 0 fully saturated rings. The van der Waals surface area contributed by atoms with Crippen molar-refractivity contribution >= 4 is 5.71 Å². The Labute approximate surface area is 109 Å². The van der Waals surface area contributed by atoms with Crippen molar-refractivity contribution in [3.05, 3.63) is 59.4 Å². The van der Waals surface area contributed by atoms with Crippen LogP contribution in [0.4, 0.5) is 4.39 Å². The Morgan fingerprint density at radius 1 is 1.05 bits per heavy atom. The van der Waals surface area contributed by atoms with Crippen LogP contribution >= 0.6 is 0 Å². The lowest BCUT2D eigenvalue weighted by Gasteiger charge is -2.07. The summed E-state index contributed by atoms with van der Waals surface area (Å²) >= 11 is 0. The van der Waals surface area contributed by atoms with E-state index in [1.807, 2.05) is 0 Å². The van der Waals surface area contributed by atoms with Gasteiger partial charge in [0.1, 0.15) is 17.3 Å². The van der Waals surface area contributed by atoms with Crippen molar-refractivity contribution in [3.8, 4) is 11.5 Å². The van der Waals surface area contributed by atoms with Gasteiger partial charge in [0.2, 0.25) is 0 Å². The van der Waals surface area contributed by atoms with Crippen LogP contribution in [0.1, 0.15) is 11.1 Å². The first-order valence-corrected chi connectivity index (χ1v) is 5.58. The molecule has 2 aromatic carbocycles. The highest BCUT2D eigenvalue weighted by molar-refractivity contribution is 6.03. The monoisotopic (exact) mass is 261 g/mol. The van der Waals surface area contributed by atoms with Gasteiger partial charge in [-0.15, -0.1) is 0 Å². The molecule has 2 aromatic rings. The van der Waals surface area contributed by atoms with Gasteiger partial charge in [0.25, 0.3) is 0 Å². The molecule has 0 bridgehead atoms. The molecule has 19 heavy (non-hydrogen) atoms. The minimum Gasteiger partial charge on any atom is -0.508 e. The third-order valence-corrected chi connectivity index (χ3v) is 2.70. The molecule has 0 aliphatic heterocycles. The standard InChI is InChI=1S/C14H12FNO3/c15-10-3-1-9(2-4-10)7-13(16-19)12-6-5-11(17)8-14(12)18/h1-6,8,17-19H,7H2/b16-13+. The maximum Gasteiger partial charge on any atom is 0.128 e. The highest BCUT2D eigenvalue weighted by atomic mass is 19.1. The van der Waals surface area contributed by atoms with E-state index in [1.165, 1.54) is 24.3 Å². The summed E-state index contributed by atoms with van der Waals surface area (Å²) in [6.45, 7) is 0. The van der Waals surface area contributed by atoms with E-state index in [9.17, 15) is 14.6 Å². The van der Waals surface area contributed by atoms with Crippen LogP contribution in [0, 0.1) is 5.82 Å². The average molecular weight is 261 g/mol. The molecule has 0 saturated heterocycles. The van der Waals surface area contributed by atoms with E-state index in [1.54, 1.807) is 12.1 Å². The summed E-state index contributed by atoms with van der Waals surface area (Å²) in [4.78, 5) is 0. The number of hydrogen-bond acceptors (Lipinski definition) is 4. The molecule has 2 rings (SSSR count). The number of nitrogens with zero attached hydrogens (tertiary/aromatic N) is 1. The number of rotatable bonds is 3. The number of aromatic hydroxyl groups is 2. The summed E-state index contributed by atoms with van der Waals surface area (Å²) < 4.78 is 12.8. The minimum absolute atomic E-state index is 0.0830. The molecule has 0 heterocycles. The van der Waals surface area contributed by atoms with E-state index < -0.39 is 0 Å². The molecular formula is C14H12FNO3. The van der Waals surface area contributed by atoms with Gasteiger partial charge in [-0.25, -0.2) is 4.39 Å². The van der Waals surface area contributed by atoms with Crippen molar-refractivity contribution in [1.29, 1.82) is 0 Å². The van der Waals surface area contributed by atoms with E-state index in [2.05, 4.69) is 5.16 Å². The van der Waals surface area contributed by atoms with Crippen molar-refractivity contribution in [2.24, 2.45) is 5.16 Å². The maximum atomic E-state index is 12.8. The number of oxime groups is 1. The van der Waals surface area contributed by atoms with Gasteiger partial charge in [-0.3, -0.25) is 0 Å². The number of phenolic OH excluding ortho intramolecular Hbond substituents is 2. The lowest BCUT2D eigenvalue weighted by Crippen LogP contribution is -2.06. The third-order valence-electron chi connectivity index (χ3n) is 2.70. The van der Waals surface area contributed by atoms with Gasteiger partial charge >= 0.3 is 0 Å². The zero-order chi connectivity index (χ0) is 13.8. The molecule has 0 unspecified atom stereocenters. The third kappa shape index (κ3) is 3.01. The van der Waals surface area contributed by atoms with Crippen molar-refractivity contribution < 1.29 is 19.8 Å². The van der Waals surface area contributed by atoms with Gasteiger partial charge < -0.3 is 15.4 Å². The second-order valence-corrected chi connectivity index (χ2v) is 4.05. The van der Waals surface area contributed by atoms with Crippen molar-refractivity contribution in [1.82, 2.24) is 0 Å². The molecule has 0 amide bonds. The maximum absolute atomic E-state index is 12.8. The van der Waals surface area contributed by atoms with Crippen LogP contribution < -0.4 is 0 Å². The van der Waals surface area contributed by atoms with Gasteiger partial charge in [-0.2, -0.15) is 0 Å². The Hall–Kier alpha value is -2.56. The number of hydrogen-bond donors (Lipinski definition) is 3. The smallest absolute Gasteiger partial charge is 0.128 e. The second kappa shape index (κ2) is 5.39. The molecule has 0 aromatic heterocycles. The molecule has 98 valence electrons. The van der Waals surface area contributed by atoms with E-state index >= 15 is 0 Å². The Morgan fingerprint density at radius 2 is 1.74 bits per heavy atom. The molecule has 0 aliphatic carbocycles. The Balaban J connectivity index is 2.28. The van der Waals surface area contributed by atoms with Crippen molar-refractivity contribution in [2.45, 2.75) is 6.42 Å². The van der Waals surface area contributed by atoms with Crippen molar-refractivity contribution in [2.75, 3.05) is 0 Å². The zero-order valence-corrected chi connectivity index (χ0v) is 9.92. The van der Waals surface area contributed by atoms with Crippen LogP contribution in [0.2, 0.25) is 0 Å². The molecular weight excluding hydrogens is 249 g/mol. The molecule has 5 heteroatoms. The Bertz CT molecular complexity index is 609. The predicted molar refractivity (Wildman–Crippen MR) is 68.2 cm³/mol. The molecule has 0 saturated carbocycles. The Kier molecular flexibility index (Phi) is 3.66. The summed E-state index contributed by atoms with van der Waals surface area (Å²) in [6, 6.07) is 9.73. The lowest BCUT2D eigenvalue weighted by molar-refractivity contribution is 0.318. The van der Waals surface area contributed by atoms with E-state index in [0.29, 0.717) is 5.56 Å². The van der Waals surface area contributed by atoms with Crippen LogP contribution in [-0.2, 0) is 6.42 Å². The van der Waals surface area contributed by atoms with Crippen LogP contribution in [0.15, 0.2) is 47.6 Å². The predicted octanol–water partition coefficient (Wildman–Crippen LogP) is 2.66. The highest BCUT2D eigenvalue weighted by Crippen LogP contribution is 2.24. The van der Waals surface area contributed by atoms with Gasteiger partial charge in [0, 0.05) is 18.1 Å². The van der Waals surface area contributed by atoms with Crippen molar-refractivity contribution in [3.63, 3.8) is 0 Å². The lowest BCUT2D eigenvalue weighted by atomic mass is 10.0. The summed E-state index contributed by atoms with van der Waals surface area (Å²) in [5.41, 5.74) is 1.27. The molecule has 0 aliphatic rings. The highest BCUT2D eigenvalue weighted by Gasteiger charge is 2.11. The first-order chi connectivity index (χ1) is 9.10. The summed E-state index contributed by atoms with van der Waals surface area (Å²) in [5, 5.41) is 31.1. The zero-order valence-electron chi connectivity index (χ0n) is 9.92. The van der Waals surface area contributed by atoms with E-state index in [4.69, 9.17) is 5.21 Å². The van der Waals surface area contributed by atoms with E-state index in [0.717, 1.165) is 11.6 Å². The van der Waals surface area contributed by atoms with Crippen LogP contribution in [0.3, 0.4) is 0 Å². The van der Waals surface area contributed by atoms with Gasteiger partial charge in [-0.05, 0) is 29.8 Å². The van der Waals surface area contributed by atoms with Crippen LogP contribution in [0.5, 0.6) is 11.5 Å². The van der Waals surface area contributed by atoms with Crippen LogP contribution in [-0.4, -0.2) is 21.1 Å². The van der Waals surface area contributed by atoms with E-state index in [-0.39, 0.29) is 29.4 Å². The number of halogens is 1. The Morgan fingerprint density at radius 3 is 2.32 bits per heavy atom. The molecule has 0 spiro atoms. The minimum atomic E-state index is -0.348. The fourth-order valence-corrected chi connectivity index (χ4v) is 1.74. The van der Waals surface area contributed by atoms with Gasteiger partial charge in [-0.1, -0.05) is 17.3 Å². The summed E-state index contributed by atoms with van der Waals surface area (Å²) in [6.07, 6.45) is 0.231. The van der Waals surface area contributed by atoms with Gasteiger partial charge in [0.15, 0.2) is 0 Å². The molecule has 3 N–H and O–H groups in total. The first-order valence-electron chi connectivity index (χ1n) is 5.58. The first kappa shape index (κ1) is 12.9. The number of phenols is 2. The molecule has 0 atom stereocenters. The second-order valence-electron chi connectivity index (χ2n) is 4.05. The average Bonchev–Trinajstić information content (AvgIpc) is 2.39. The SMILES string of the molecule is O/N=C(\Cc1ccc(F)cc1)c1ccc(O)cc1O. The fourth-order valence-electron chi connectivity index (χ4n) is 1.74. The molecule has 0 radical (unpaired) electrons. The number of benzene rings is 2.